The molecule has 0 atom stereocenters. The van der Waals surface area contributed by atoms with Gasteiger partial charge in [0.25, 0.3) is 0 Å². The zero-order valence-corrected chi connectivity index (χ0v) is 19.1. The van der Waals surface area contributed by atoms with Crippen LogP contribution in [0, 0.1) is 5.92 Å². The molecule has 6 aromatic rings. The standard InChI is InChI=1S/C29H24N2S/c1-19(2)18-31-26-12-5-4-11-25(26)30-29(31)21-16-14-20(15-17-21)22-9-7-10-24-23-8-3-6-13-27(23)32-28(22)24/h3-17,19H,18H2,1-2H3. The van der Waals surface area contributed by atoms with Gasteiger partial charge in [-0.3, -0.25) is 0 Å². The van der Waals surface area contributed by atoms with Crippen molar-refractivity contribution in [1.82, 2.24) is 9.55 Å². The molecule has 0 saturated heterocycles. The molecule has 0 aliphatic carbocycles. The van der Waals surface area contributed by atoms with Crippen LogP contribution in [-0.4, -0.2) is 9.55 Å². The molecule has 0 N–H and O–H groups in total. The molecule has 156 valence electrons. The van der Waals surface area contributed by atoms with Gasteiger partial charge in [0.15, 0.2) is 0 Å². The second-order valence-electron chi connectivity index (χ2n) is 8.79. The molecule has 0 amide bonds. The highest BCUT2D eigenvalue weighted by atomic mass is 32.1. The number of para-hydroxylation sites is 2. The second kappa shape index (κ2) is 7.61. The normalized spacial score (nSPS) is 11.8. The molecule has 4 aromatic carbocycles. The van der Waals surface area contributed by atoms with Gasteiger partial charge in [0.05, 0.1) is 11.0 Å². The van der Waals surface area contributed by atoms with Crippen LogP contribution < -0.4 is 0 Å². The minimum Gasteiger partial charge on any atom is -0.324 e. The summed E-state index contributed by atoms with van der Waals surface area (Å²) in [5, 5.41) is 2.68. The molecule has 2 aromatic heterocycles. The lowest BCUT2D eigenvalue weighted by Gasteiger charge is -2.12. The Bertz CT molecular complexity index is 1570. The van der Waals surface area contributed by atoms with E-state index in [4.69, 9.17) is 4.98 Å². The number of nitrogens with zero attached hydrogens (tertiary/aromatic N) is 2. The van der Waals surface area contributed by atoms with Crippen molar-refractivity contribution in [3.63, 3.8) is 0 Å². The van der Waals surface area contributed by atoms with E-state index in [0.29, 0.717) is 5.92 Å². The van der Waals surface area contributed by atoms with Crippen LogP contribution in [0.5, 0.6) is 0 Å². The Hall–Kier alpha value is -3.43. The first kappa shape index (κ1) is 19.3. The first-order valence-electron chi connectivity index (χ1n) is 11.2. The zero-order valence-electron chi connectivity index (χ0n) is 18.2. The molecule has 0 saturated carbocycles. The predicted octanol–water partition coefficient (Wildman–Crippen LogP) is 8.39. The Balaban J connectivity index is 1.47. The summed E-state index contributed by atoms with van der Waals surface area (Å²) < 4.78 is 5.06. The number of thiophene rings is 1. The first-order valence-corrected chi connectivity index (χ1v) is 12.0. The summed E-state index contributed by atoms with van der Waals surface area (Å²) in [5.74, 6) is 1.60. The quantitative estimate of drug-likeness (QED) is 0.273. The summed E-state index contributed by atoms with van der Waals surface area (Å²) in [6.07, 6.45) is 0. The molecule has 6 rings (SSSR count). The molecule has 0 aliphatic rings. The van der Waals surface area contributed by atoms with Gasteiger partial charge in [-0.1, -0.05) is 86.6 Å². The van der Waals surface area contributed by atoms with Crippen LogP contribution in [0.4, 0.5) is 0 Å². The highest BCUT2D eigenvalue weighted by Gasteiger charge is 2.14. The lowest BCUT2D eigenvalue weighted by molar-refractivity contribution is 0.536. The maximum Gasteiger partial charge on any atom is 0.141 e. The first-order chi connectivity index (χ1) is 15.7. The Morgan fingerprint density at radius 1 is 0.750 bits per heavy atom. The number of imidazole rings is 1. The second-order valence-corrected chi connectivity index (χ2v) is 9.84. The van der Waals surface area contributed by atoms with Gasteiger partial charge in [-0.15, -0.1) is 11.3 Å². The van der Waals surface area contributed by atoms with E-state index >= 15 is 0 Å². The Morgan fingerprint density at radius 2 is 1.47 bits per heavy atom. The number of benzene rings is 4. The van der Waals surface area contributed by atoms with E-state index in [0.717, 1.165) is 23.4 Å². The van der Waals surface area contributed by atoms with Crippen molar-refractivity contribution in [3.05, 3.63) is 91.0 Å². The third-order valence-corrected chi connectivity index (χ3v) is 7.28. The van der Waals surface area contributed by atoms with Gasteiger partial charge >= 0.3 is 0 Å². The van der Waals surface area contributed by atoms with Crippen molar-refractivity contribution in [2.45, 2.75) is 20.4 Å². The lowest BCUT2D eigenvalue weighted by Crippen LogP contribution is -2.06. The molecule has 0 radical (unpaired) electrons. The van der Waals surface area contributed by atoms with Crippen LogP contribution in [0.2, 0.25) is 0 Å². The van der Waals surface area contributed by atoms with Crippen molar-refractivity contribution in [2.75, 3.05) is 0 Å². The van der Waals surface area contributed by atoms with Crippen LogP contribution in [0.3, 0.4) is 0 Å². The Labute approximate surface area is 191 Å². The summed E-state index contributed by atoms with van der Waals surface area (Å²) in [6, 6.07) is 32.7. The van der Waals surface area contributed by atoms with E-state index in [1.54, 1.807) is 0 Å². The Kier molecular flexibility index (Phi) is 4.58. The van der Waals surface area contributed by atoms with E-state index in [9.17, 15) is 0 Å². The van der Waals surface area contributed by atoms with Gasteiger partial charge in [0.2, 0.25) is 0 Å². The molecule has 0 unspecified atom stereocenters. The SMILES string of the molecule is CC(C)Cn1c(-c2ccc(-c3cccc4c3sc3ccccc34)cc2)nc2ccccc21. The van der Waals surface area contributed by atoms with Gasteiger partial charge in [-0.2, -0.15) is 0 Å². The van der Waals surface area contributed by atoms with E-state index in [2.05, 4.69) is 109 Å². The molecule has 3 heteroatoms. The summed E-state index contributed by atoms with van der Waals surface area (Å²) in [7, 11) is 0. The van der Waals surface area contributed by atoms with E-state index in [1.165, 1.54) is 36.8 Å². The molecule has 0 aliphatic heterocycles. The highest BCUT2D eigenvalue weighted by molar-refractivity contribution is 7.26. The van der Waals surface area contributed by atoms with Crippen LogP contribution in [0.15, 0.2) is 91.0 Å². The molecule has 2 nitrogen and oxygen atoms in total. The molecule has 0 spiro atoms. The Morgan fingerprint density at radius 3 is 2.31 bits per heavy atom. The smallest absolute Gasteiger partial charge is 0.141 e. The maximum absolute atomic E-state index is 4.98. The van der Waals surface area contributed by atoms with Gasteiger partial charge in [0, 0.05) is 32.3 Å². The molecular weight excluding hydrogens is 408 g/mol. The van der Waals surface area contributed by atoms with E-state index in [-0.39, 0.29) is 0 Å². The van der Waals surface area contributed by atoms with Crippen molar-refractivity contribution in [1.29, 1.82) is 0 Å². The summed E-state index contributed by atoms with van der Waals surface area (Å²) in [6.45, 7) is 5.47. The predicted molar refractivity (Wildman–Crippen MR) is 138 cm³/mol. The van der Waals surface area contributed by atoms with E-state index in [1.807, 2.05) is 11.3 Å². The molecule has 0 bridgehead atoms. The summed E-state index contributed by atoms with van der Waals surface area (Å²) in [5.41, 5.74) is 5.97. The van der Waals surface area contributed by atoms with Gasteiger partial charge in [-0.05, 0) is 35.2 Å². The molecular formula is C29H24N2S. The van der Waals surface area contributed by atoms with Gasteiger partial charge < -0.3 is 4.57 Å². The third-order valence-electron chi connectivity index (χ3n) is 6.06. The van der Waals surface area contributed by atoms with Crippen molar-refractivity contribution >= 4 is 42.5 Å². The van der Waals surface area contributed by atoms with Crippen molar-refractivity contribution in [3.8, 4) is 22.5 Å². The highest BCUT2D eigenvalue weighted by Crippen LogP contribution is 2.40. The van der Waals surface area contributed by atoms with Gasteiger partial charge in [-0.25, -0.2) is 4.98 Å². The fourth-order valence-corrected chi connectivity index (χ4v) is 5.86. The van der Waals surface area contributed by atoms with Crippen LogP contribution >= 0.6 is 11.3 Å². The average Bonchev–Trinajstić information content (AvgIpc) is 3.37. The number of hydrogen-bond donors (Lipinski definition) is 0. The third kappa shape index (κ3) is 3.12. The molecule has 0 fully saturated rings. The largest absolute Gasteiger partial charge is 0.324 e. The number of hydrogen-bond acceptors (Lipinski definition) is 2. The zero-order chi connectivity index (χ0) is 21.7. The number of rotatable bonds is 4. The molecule has 2 heterocycles. The minimum absolute atomic E-state index is 0.552. The monoisotopic (exact) mass is 432 g/mol. The fourth-order valence-electron chi connectivity index (χ4n) is 4.62. The fraction of sp³-hybridized carbons (Fsp3) is 0.138. The minimum atomic E-state index is 0.552. The van der Waals surface area contributed by atoms with Crippen molar-refractivity contribution < 1.29 is 0 Å². The summed E-state index contributed by atoms with van der Waals surface area (Å²) in [4.78, 5) is 4.98. The number of aromatic nitrogens is 2. The summed E-state index contributed by atoms with van der Waals surface area (Å²) >= 11 is 1.88. The molecule has 32 heavy (non-hydrogen) atoms. The van der Waals surface area contributed by atoms with Crippen molar-refractivity contribution in [2.24, 2.45) is 5.92 Å². The topological polar surface area (TPSA) is 17.8 Å². The van der Waals surface area contributed by atoms with Crippen LogP contribution in [-0.2, 0) is 6.54 Å². The van der Waals surface area contributed by atoms with Crippen LogP contribution in [0.25, 0.3) is 53.7 Å². The maximum atomic E-state index is 4.98. The van der Waals surface area contributed by atoms with Gasteiger partial charge in [0.1, 0.15) is 5.82 Å². The van der Waals surface area contributed by atoms with Crippen LogP contribution in [0.1, 0.15) is 13.8 Å². The average molecular weight is 433 g/mol. The lowest BCUT2D eigenvalue weighted by atomic mass is 10.0. The number of fused-ring (bicyclic) bond motifs is 4. The van der Waals surface area contributed by atoms with E-state index < -0.39 is 0 Å².